The van der Waals surface area contributed by atoms with Crippen LogP contribution in [0.3, 0.4) is 0 Å². The van der Waals surface area contributed by atoms with Crippen LogP contribution in [0, 0.1) is 0 Å². The fourth-order valence-corrected chi connectivity index (χ4v) is 2.45. The number of aromatic nitrogens is 1. The quantitative estimate of drug-likeness (QED) is 0.625. The summed E-state index contributed by atoms with van der Waals surface area (Å²) in [4.78, 5) is 4.49. The molecule has 0 saturated carbocycles. The number of benzene rings is 2. The molecule has 1 aromatic heterocycles. The summed E-state index contributed by atoms with van der Waals surface area (Å²) in [5.74, 6) is 1.48. The smallest absolute Gasteiger partial charge is 0.227 e. The van der Waals surface area contributed by atoms with E-state index in [1.807, 2.05) is 48.5 Å². The third kappa shape index (κ3) is 4.11. The van der Waals surface area contributed by atoms with Crippen molar-refractivity contribution < 1.29 is 14.3 Å². The Morgan fingerprint density at radius 1 is 0.913 bits per heavy atom. The second-order valence-electron chi connectivity index (χ2n) is 5.50. The Balaban J connectivity index is 1.56. The Morgan fingerprint density at radius 2 is 1.70 bits per heavy atom. The first-order valence-electron chi connectivity index (χ1n) is 8.06. The average molecular weight is 311 g/mol. The van der Waals surface area contributed by atoms with E-state index in [1.54, 1.807) is 0 Å². The molecule has 0 bridgehead atoms. The van der Waals surface area contributed by atoms with E-state index in [2.05, 4.69) is 4.98 Å². The number of hydrogen-bond acceptors (Lipinski definition) is 4. The van der Waals surface area contributed by atoms with Gasteiger partial charge in [0.2, 0.25) is 5.89 Å². The average Bonchev–Trinajstić information content (AvgIpc) is 3.02. The molecule has 0 amide bonds. The number of aliphatic hydroxyl groups excluding tert-OH is 1. The number of para-hydroxylation sites is 2. The van der Waals surface area contributed by atoms with E-state index in [0.717, 1.165) is 48.1 Å². The van der Waals surface area contributed by atoms with Gasteiger partial charge in [0, 0.05) is 12.2 Å². The molecule has 2 aromatic carbocycles. The maximum absolute atomic E-state index is 8.72. The van der Waals surface area contributed by atoms with Crippen LogP contribution in [-0.4, -0.2) is 23.3 Å². The van der Waals surface area contributed by atoms with E-state index in [1.165, 1.54) is 0 Å². The van der Waals surface area contributed by atoms with Crippen LogP contribution in [0.2, 0.25) is 0 Å². The molecular weight excluding hydrogens is 290 g/mol. The Hall–Kier alpha value is -2.33. The molecule has 1 N–H and O–H groups in total. The van der Waals surface area contributed by atoms with Crippen molar-refractivity contribution in [2.75, 3.05) is 13.2 Å². The number of nitrogens with zero attached hydrogens (tertiary/aromatic N) is 1. The maximum Gasteiger partial charge on any atom is 0.227 e. The normalized spacial score (nSPS) is 11.0. The molecular formula is C19H21NO3. The van der Waals surface area contributed by atoms with Gasteiger partial charge in [0.15, 0.2) is 5.58 Å². The van der Waals surface area contributed by atoms with Crippen LogP contribution in [0.4, 0.5) is 0 Å². The summed E-state index contributed by atoms with van der Waals surface area (Å²) in [6, 6.07) is 15.6. The molecule has 0 atom stereocenters. The highest BCUT2D eigenvalue weighted by Gasteiger charge is 2.07. The van der Waals surface area contributed by atoms with Crippen LogP contribution >= 0.6 is 0 Å². The molecule has 0 aliphatic rings. The van der Waals surface area contributed by atoms with Crippen molar-refractivity contribution in [2.45, 2.75) is 25.7 Å². The molecule has 4 heteroatoms. The Labute approximate surface area is 135 Å². The van der Waals surface area contributed by atoms with Crippen molar-refractivity contribution in [1.82, 2.24) is 4.98 Å². The van der Waals surface area contributed by atoms with Crippen LogP contribution in [0.15, 0.2) is 52.9 Å². The van der Waals surface area contributed by atoms with Crippen molar-refractivity contribution in [1.29, 1.82) is 0 Å². The molecule has 4 nitrogen and oxygen atoms in total. The third-order valence-corrected chi connectivity index (χ3v) is 3.72. The van der Waals surface area contributed by atoms with Crippen LogP contribution in [0.1, 0.15) is 25.7 Å². The number of oxazole rings is 1. The lowest BCUT2D eigenvalue weighted by atomic mass is 10.2. The third-order valence-electron chi connectivity index (χ3n) is 3.72. The standard InChI is InChI=1S/C19H21NO3/c21-13-5-1-2-6-14-22-16-11-9-15(10-12-16)19-20-17-7-3-4-8-18(17)23-19/h3-4,7-12,21H,1-2,5-6,13-14H2. The summed E-state index contributed by atoms with van der Waals surface area (Å²) >= 11 is 0. The molecule has 1 heterocycles. The number of unbranched alkanes of at least 4 members (excludes halogenated alkanes) is 3. The first kappa shape index (κ1) is 15.6. The zero-order valence-electron chi connectivity index (χ0n) is 13.1. The molecule has 0 fully saturated rings. The van der Waals surface area contributed by atoms with Gasteiger partial charge in [-0.25, -0.2) is 4.98 Å². The van der Waals surface area contributed by atoms with Crippen LogP contribution < -0.4 is 4.74 Å². The zero-order valence-corrected chi connectivity index (χ0v) is 13.1. The van der Waals surface area contributed by atoms with Gasteiger partial charge >= 0.3 is 0 Å². The van der Waals surface area contributed by atoms with Crippen LogP contribution in [0.25, 0.3) is 22.6 Å². The fraction of sp³-hybridized carbons (Fsp3) is 0.316. The van der Waals surface area contributed by atoms with Gasteiger partial charge in [-0.3, -0.25) is 0 Å². The summed E-state index contributed by atoms with van der Waals surface area (Å²) in [6.45, 7) is 0.978. The highest BCUT2D eigenvalue weighted by molar-refractivity contribution is 5.76. The molecule has 23 heavy (non-hydrogen) atoms. The van der Waals surface area contributed by atoms with Gasteiger partial charge in [-0.05, 0) is 55.7 Å². The highest BCUT2D eigenvalue weighted by atomic mass is 16.5. The summed E-state index contributed by atoms with van der Waals surface area (Å²) in [7, 11) is 0. The van der Waals surface area contributed by atoms with Crippen molar-refractivity contribution >= 4 is 11.1 Å². The molecule has 3 aromatic rings. The lowest BCUT2D eigenvalue weighted by Gasteiger charge is -2.06. The SMILES string of the molecule is OCCCCCCOc1ccc(-c2nc3ccccc3o2)cc1. The molecule has 3 rings (SSSR count). The summed E-state index contributed by atoms with van der Waals surface area (Å²) in [5, 5.41) is 8.72. The summed E-state index contributed by atoms with van der Waals surface area (Å²) in [6.07, 6.45) is 4.02. The predicted octanol–water partition coefficient (Wildman–Crippen LogP) is 4.43. The number of aliphatic hydroxyl groups is 1. The maximum atomic E-state index is 8.72. The Morgan fingerprint density at radius 3 is 2.48 bits per heavy atom. The highest BCUT2D eigenvalue weighted by Crippen LogP contribution is 2.25. The second-order valence-corrected chi connectivity index (χ2v) is 5.50. The van der Waals surface area contributed by atoms with E-state index >= 15 is 0 Å². The van der Waals surface area contributed by atoms with Gasteiger partial charge in [0.25, 0.3) is 0 Å². The largest absolute Gasteiger partial charge is 0.494 e. The van der Waals surface area contributed by atoms with Gasteiger partial charge < -0.3 is 14.3 Å². The van der Waals surface area contributed by atoms with Crippen molar-refractivity contribution in [3.05, 3.63) is 48.5 Å². The molecule has 0 spiro atoms. The monoisotopic (exact) mass is 311 g/mol. The van der Waals surface area contributed by atoms with Gasteiger partial charge in [0.05, 0.1) is 6.61 Å². The lowest BCUT2D eigenvalue weighted by molar-refractivity contribution is 0.273. The minimum Gasteiger partial charge on any atom is -0.494 e. The molecule has 0 saturated heterocycles. The van der Waals surface area contributed by atoms with Crippen LogP contribution in [0.5, 0.6) is 5.75 Å². The van der Waals surface area contributed by atoms with E-state index in [0.29, 0.717) is 12.5 Å². The van der Waals surface area contributed by atoms with Gasteiger partial charge in [-0.1, -0.05) is 18.6 Å². The molecule has 120 valence electrons. The van der Waals surface area contributed by atoms with E-state index in [-0.39, 0.29) is 6.61 Å². The van der Waals surface area contributed by atoms with Crippen molar-refractivity contribution in [2.24, 2.45) is 0 Å². The number of rotatable bonds is 8. The number of ether oxygens (including phenoxy) is 1. The van der Waals surface area contributed by atoms with Gasteiger partial charge in [-0.2, -0.15) is 0 Å². The first-order chi connectivity index (χ1) is 11.4. The predicted molar refractivity (Wildman–Crippen MR) is 90.5 cm³/mol. The Kier molecular flexibility index (Phi) is 5.27. The van der Waals surface area contributed by atoms with Crippen molar-refractivity contribution in [3.63, 3.8) is 0 Å². The summed E-state index contributed by atoms with van der Waals surface area (Å²) < 4.78 is 11.5. The van der Waals surface area contributed by atoms with Crippen LogP contribution in [-0.2, 0) is 0 Å². The topological polar surface area (TPSA) is 55.5 Å². The van der Waals surface area contributed by atoms with E-state index < -0.39 is 0 Å². The van der Waals surface area contributed by atoms with E-state index in [9.17, 15) is 0 Å². The van der Waals surface area contributed by atoms with E-state index in [4.69, 9.17) is 14.3 Å². The summed E-state index contributed by atoms with van der Waals surface area (Å²) in [5.41, 5.74) is 2.60. The second kappa shape index (κ2) is 7.79. The van der Waals surface area contributed by atoms with Crippen molar-refractivity contribution in [3.8, 4) is 17.2 Å². The Bertz CT molecular complexity index is 701. The minimum absolute atomic E-state index is 0.276. The fourth-order valence-electron chi connectivity index (χ4n) is 2.45. The number of hydrogen-bond donors (Lipinski definition) is 1. The molecule has 0 radical (unpaired) electrons. The van der Waals surface area contributed by atoms with Gasteiger partial charge in [-0.15, -0.1) is 0 Å². The molecule has 0 aliphatic carbocycles. The zero-order chi connectivity index (χ0) is 15.9. The first-order valence-corrected chi connectivity index (χ1v) is 8.06. The molecule has 0 aliphatic heterocycles. The van der Waals surface area contributed by atoms with Gasteiger partial charge in [0.1, 0.15) is 11.3 Å². The minimum atomic E-state index is 0.276. The number of fused-ring (bicyclic) bond motifs is 1. The molecule has 0 unspecified atom stereocenters. The lowest BCUT2D eigenvalue weighted by Crippen LogP contribution is -1.97.